The summed E-state index contributed by atoms with van der Waals surface area (Å²) in [6.07, 6.45) is 5.19. The van der Waals surface area contributed by atoms with Crippen LogP contribution in [-0.2, 0) is 6.54 Å². The van der Waals surface area contributed by atoms with Gasteiger partial charge in [0.05, 0.1) is 4.47 Å². The molecule has 16 heavy (non-hydrogen) atoms. The van der Waals surface area contributed by atoms with Crippen molar-refractivity contribution in [1.29, 1.82) is 0 Å². The van der Waals surface area contributed by atoms with Gasteiger partial charge in [0.1, 0.15) is 5.75 Å². The molecule has 0 amide bonds. The zero-order chi connectivity index (χ0) is 12.0. The highest BCUT2D eigenvalue weighted by atomic mass is 79.9. The fourth-order valence-electron chi connectivity index (χ4n) is 1.52. The molecule has 0 radical (unpaired) electrons. The molecular weight excluding hydrogens is 266 g/mol. The number of rotatable bonds is 5. The fourth-order valence-corrected chi connectivity index (χ4v) is 2.13. The van der Waals surface area contributed by atoms with Crippen LogP contribution in [0.3, 0.4) is 0 Å². The van der Waals surface area contributed by atoms with Crippen LogP contribution in [0.4, 0.5) is 0 Å². The molecule has 2 N–H and O–H groups in total. The average Bonchev–Trinajstić information content (AvgIpc) is 2.24. The molecule has 0 bridgehead atoms. The van der Waals surface area contributed by atoms with Gasteiger partial charge in [0, 0.05) is 12.1 Å². The minimum atomic E-state index is 0.337. The van der Waals surface area contributed by atoms with Gasteiger partial charge in [-0.25, -0.2) is 0 Å². The highest BCUT2D eigenvalue weighted by Gasteiger charge is 2.05. The first-order chi connectivity index (χ1) is 7.65. The van der Waals surface area contributed by atoms with Crippen molar-refractivity contribution in [1.82, 2.24) is 5.32 Å². The van der Waals surface area contributed by atoms with Crippen molar-refractivity contribution < 1.29 is 5.11 Å². The number of halogens is 1. The normalized spacial score (nSPS) is 11.2. The predicted molar refractivity (Wildman–Crippen MR) is 71.7 cm³/mol. The van der Waals surface area contributed by atoms with Crippen molar-refractivity contribution in [2.24, 2.45) is 0 Å². The number of benzene rings is 1. The first-order valence-corrected chi connectivity index (χ1v) is 6.24. The number of hydrogen-bond acceptors (Lipinski definition) is 2. The van der Waals surface area contributed by atoms with Crippen LogP contribution in [0.25, 0.3) is 0 Å². The monoisotopic (exact) mass is 283 g/mol. The van der Waals surface area contributed by atoms with Crippen LogP contribution in [0.15, 0.2) is 28.8 Å². The maximum atomic E-state index is 9.82. The van der Waals surface area contributed by atoms with E-state index in [9.17, 15) is 5.11 Å². The smallest absolute Gasteiger partial charge is 0.134 e. The summed E-state index contributed by atoms with van der Waals surface area (Å²) >= 11 is 3.34. The van der Waals surface area contributed by atoms with Crippen LogP contribution in [0.5, 0.6) is 5.75 Å². The summed E-state index contributed by atoms with van der Waals surface area (Å²) in [6, 6.07) is 3.92. The third-order valence-electron chi connectivity index (χ3n) is 2.33. The van der Waals surface area contributed by atoms with Crippen LogP contribution < -0.4 is 5.32 Å². The van der Waals surface area contributed by atoms with Crippen molar-refractivity contribution >= 4 is 15.9 Å². The Hall–Kier alpha value is -0.800. The molecule has 1 aromatic carbocycles. The van der Waals surface area contributed by atoms with E-state index in [1.165, 1.54) is 0 Å². The van der Waals surface area contributed by atoms with Crippen LogP contribution in [-0.4, -0.2) is 11.7 Å². The van der Waals surface area contributed by atoms with Crippen molar-refractivity contribution in [3.8, 4) is 5.75 Å². The SMILES string of the molecule is C/C=C/CCNCc1cc(C)cc(Br)c1O. The molecule has 1 aromatic rings. The van der Waals surface area contributed by atoms with Gasteiger partial charge < -0.3 is 10.4 Å². The van der Waals surface area contributed by atoms with Crippen LogP contribution in [0, 0.1) is 6.92 Å². The second kappa shape index (κ2) is 6.71. The molecule has 3 heteroatoms. The molecule has 1 rings (SSSR count). The first-order valence-electron chi connectivity index (χ1n) is 5.45. The number of aromatic hydroxyl groups is 1. The van der Waals surface area contributed by atoms with E-state index < -0.39 is 0 Å². The summed E-state index contributed by atoms with van der Waals surface area (Å²) in [7, 11) is 0. The number of aryl methyl sites for hydroxylation is 1. The highest BCUT2D eigenvalue weighted by Crippen LogP contribution is 2.29. The fraction of sp³-hybridized carbons (Fsp3) is 0.385. The Morgan fingerprint density at radius 2 is 2.19 bits per heavy atom. The summed E-state index contributed by atoms with van der Waals surface area (Å²) in [5, 5.41) is 13.1. The highest BCUT2D eigenvalue weighted by molar-refractivity contribution is 9.10. The largest absolute Gasteiger partial charge is 0.506 e. The first kappa shape index (κ1) is 13.3. The Morgan fingerprint density at radius 1 is 1.44 bits per heavy atom. The molecule has 0 saturated heterocycles. The van der Waals surface area contributed by atoms with Crippen LogP contribution >= 0.6 is 15.9 Å². The van der Waals surface area contributed by atoms with Gasteiger partial charge >= 0.3 is 0 Å². The van der Waals surface area contributed by atoms with E-state index >= 15 is 0 Å². The predicted octanol–water partition coefficient (Wildman–Crippen LogP) is 3.52. The number of allylic oxidation sites excluding steroid dienone is 1. The quantitative estimate of drug-likeness (QED) is 0.640. The molecule has 0 atom stereocenters. The topological polar surface area (TPSA) is 32.3 Å². The van der Waals surface area contributed by atoms with Crippen molar-refractivity contribution in [3.05, 3.63) is 39.9 Å². The van der Waals surface area contributed by atoms with Gasteiger partial charge in [-0.05, 0) is 54.4 Å². The molecule has 0 aromatic heterocycles. The minimum absolute atomic E-state index is 0.337. The lowest BCUT2D eigenvalue weighted by molar-refractivity contribution is 0.461. The third kappa shape index (κ3) is 3.99. The lowest BCUT2D eigenvalue weighted by atomic mass is 10.1. The Kier molecular flexibility index (Phi) is 5.56. The molecule has 88 valence electrons. The Balaban J connectivity index is 2.53. The third-order valence-corrected chi connectivity index (χ3v) is 2.93. The summed E-state index contributed by atoms with van der Waals surface area (Å²) in [6.45, 7) is 5.66. The summed E-state index contributed by atoms with van der Waals surface area (Å²) in [4.78, 5) is 0. The zero-order valence-electron chi connectivity index (χ0n) is 9.76. The zero-order valence-corrected chi connectivity index (χ0v) is 11.3. The maximum Gasteiger partial charge on any atom is 0.134 e. The van der Waals surface area contributed by atoms with Gasteiger partial charge in [-0.3, -0.25) is 0 Å². The van der Waals surface area contributed by atoms with Gasteiger partial charge in [-0.15, -0.1) is 0 Å². The second-order valence-corrected chi connectivity index (χ2v) is 4.64. The standard InChI is InChI=1S/C13H18BrNO/c1-3-4-5-6-15-9-11-7-10(2)8-12(14)13(11)16/h3-4,7-8,15-16H,5-6,9H2,1-2H3/b4-3+. The van der Waals surface area contributed by atoms with E-state index in [-0.39, 0.29) is 0 Å². The molecular formula is C13H18BrNO. The summed E-state index contributed by atoms with van der Waals surface area (Å²) < 4.78 is 0.762. The van der Waals surface area contributed by atoms with E-state index in [0.717, 1.165) is 28.6 Å². The number of phenolic OH excluding ortho intramolecular Hbond substituents is 1. The van der Waals surface area contributed by atoms with Gasteiger partial charge in [0.25, 0.3) is 0 Å². The summed E-state index contributed by atoms with van der Waals surface area (Å²) in [5.74, 6) is 0.337. The maximum absolute atomic E-state index is 9.82. The Labute approximate surface area is 106 Å². The van der Waals surface area contributed by atoms with Crippen LogP contribution in [0.2, 0.25) is 0 Å². The molecule has 0 fully saturated rings. The van der Waals surface area contributed by atoms with E-state index in [2.05, 4.69) is 27.3 Å². The molecule has 0 aliphatic heterocycles. The molecule has 0 saturated carbocycles. The molecule has 0 unspecified atom stereocenters. The molecule has 2 nitrogen and oxygen atoms in total. The minimum Gasteiger partial charge on any atom is -0.506 e. The van der Waals surface area contributed by atoms with E-state index in [0.29, 0.717) is 12.3 Å². The van der Waals surface area contributed by atoms with Gasteiger partial charge in [0.2, 0.25) is 0 Å². The second-order valence-electron chi connectivity index (χ2n) is 3.79. The van der Waals surface area contributed by atoms with Crippen molar-refractivity contribution in [2.75, 3.05) is 6.54 Å². The number of hydrogen-bond donors (Lipinski definition) is 2. The van der Waals surface area contributed by atoms with Gasteiger partial charge in [-0.1, -0.05) is 18.2 Å². The molecule has 0 aliphatic carbocycles. The lowest BCUT2D eigenvalue weighted by Crippen LogP contribution is -2.14. The van der Waals surface area contributed by atoms with Gasteiger partial charge in [0.15, 0.2) is 0 Å². The van der Waals surface area contributed by atoms with E-state index in [1.807, 2.05) is 32.1 Å². The number of nitrogens with one attached hydrogen (secondary N) is 1. The summed E-state index contributed by atoms with van der Waals surface area (Å²) in [5.41, 5.74) is 2.09. The lowest BCUT2D eigenvalue weighted by Gasteiger charge is -2.08. The molecule has 0 aliphatic rings. The number of phenols is 1. The van der Waals surface area contributed by atoms with Crippen molar-refractivity contribution in [2.45, 2.75) is 26.8 Å². The molecule has 0 spiro atoms. The van der Waals surface area contributed by atoms with E-state index in [1.54, 1.807) is 0 Å². The Bertz CT molecular complexity index is 374. The van der Waals surface area contributed by atoms with Crippen LogP contribution in [0.1, 0.15) is 24.5 Å². The Morgan fingerprint density at radius 3 is 2.88 bits per heavy atom. The molecule has 0 heterocycles. The van der Waals surface area contributed by atoms with Crippen molar-refractivity contribution in [3.63, 3.8) is 0 Å². The average molecular weight is 284 g/mol. The van der Waals surface area contributed by atoms with Gasteiger partial charge in [-0.2, -0.15) is 0 Å². The van der Waals surface area contributed by atoms with E-state index in [4.69, 9.17) is 0 Å².